The molecule has 0 amide bonds. The van der Waals surface area contributed by atoms with Gasteiger partial charge in [-0.3, -0.25) is 4.68 Å². The molecule has 1 aromatic heterocycles. The number of hydrogen-bond donors (Lipinski definition) is 1. The quantitative estimate of drug-likeness (QED) is 0.851. The first-order valence-electron chi connectivity index (χ1n) is 7.61. The fourth-order valence-corrected chi connectivity index (χ4v) is 5.82. The molecule has 0 aromatic carbocycles. The summed E-state index contributed by atoms with van der Waals surface area (Å²) in [4.78, 5) is 0. The Morgan fingerprint density at radius 1 is 1.43 bits per heavy atom. The molecule has 0 spiro atoms. The Kier molecular flexibility index (Phi) is 5.48. The van der Waals surface area contributed by atoms with Crippen LogP contribution in [0.5, 0.6) is 0 Å². The molecule has 2 rings (SSSR count). The van der Waals surface area contributed by atoms with Crippen LogP contribution >= 0.6 is 15.9 Å². The summed E-state index contributed by atoms with van der Waals surface area (Å²) in [5.74, 6) is 0.278. The molecular formula is C14H24BrN3O2S. The van der Waals surface area contributed by atoms with Gasteiger partial charge >= 0.3 is 0 Å². The van der Waals surface area contributed by atoms with E-state index in [2.05, 4.69) is 28.0 Å². The van der Waals surface area contributed by atoms with Crippen molar-refractivity contribution in [3.05, 3.63) is 15.9 Å². The normalized spacial score (nSPS) is 23.1. The molecule has 2 atom stereocenters. The minimum atomic E-state index is -3.04. The van der Waals surface area contributed by atoms with Crippen molar-refractivity contribution in [2.45, 2.75) is 63.8 Å². The molecule has 5 nitrogen and oxygen atoms in total. The predicted molar refractivity (Wildman–Crippen MR) is 88.1 cm³/mol. The summed E-state index contributed by atoms with van der Waals surface area (Å²) in [7, 11) is -3.04. The Morgan fingerprint density at radius 2 is 2.14 bits per heavy atom. The Bertz CT molecular complexity index is 598. The Morgan fingerprint density at radius 3 is 2.71 bits per heavy atom. The third kappa shape index (κ3) is 3.51. The maximum atomic E-state index is 12.2. The molecule has 1 aliphatic heterocycles. The largest absolute Gasteiger partial charge is 0.326 e. The SMILES string of the molecule is CCc1nn(CC)c(CC(N)C2CCCCS2(=O)=O)c1Br. The maximum absolute atomic E-state index is 12.2. The van der Waals surface area contributed by atoms with E-state index in [1.165, 1.54) is 0 Å². The van der Waals surface area contributed by atoms with E-state index in [4.69, 9.17) is 5.73 Å². The van der Waals surface area contributed by atoms with Gasteiger partial charge in [0.05, 0.1) is 26.9 Å². The van der Waals surface area contributed by atoms with Crippen molar-refractivity contribution in [2.24, 2.45) is 5.73 Å². The lowest BCUT2D eigenvalue weighted by atomic mass is 10.0. The van der Waals surface area contributed by atoms with Crippen LogP contribution in [0.1, 0.15) is 44.5 Å². The van der Waals surface area contributed by atoms with Crippen molar-refractivity contribution in [2.75, 3.05) is 5.75 Å². The number of hydrogen-bond acceptors (Lipinski definition) is 4. The molecule has 21 heavy (non-hydrogen) atoms. The third-order valence-corrected chi connectivity index (χ3v) is 7.51. The fraction of sp³-hybridized carbons (Fsp3) is 0.786. The van der Waals surface area contributed by atoms with Crippen molar-refractivity contribution in [3.8, 4) is 0 Å². The Hall–Kier alpha value is -0.400. The van der Waals surface area contributed by atoms with Gasteiger partial charge in [-0.1, -0.05) is 13.3 Å². The zero-order valence-corrected chi connectivity index (χ0v) is 15.1. The smallest absolute Gasteiger partial charge is 0.154 e. The van der Waals surface area contributed by atoms with Gasteiger partial charge in [-0.25, -0.2) is 8.42 Å². The average Bonchev–Trinajstić information content (AvgIpc) is 2.74. The van der Waals surface area contributed by atoms with Gasteiger partial charge in [0.1, 0.15) is 0 Å². The minimum Gasteiger partial charge on any atom is -0.326 e. The van der Waals surface area contributed by atoms with Gasteiger partial charge in [-0.15, -0.1) is 0 Å². The number of nitrogens with two attached hydrogens (primary N) is 1. The minimum absolute atomic E-state index is 0.278. The summed E-state index contributed by atoms with van der Waals surface area (Å²) in [5.41, 5.74) is 8.28. The molecular weight excluding hydrogens is 354 g/mol. The summed E-state index contributed by atoms with van der Waals surface area (Å²) in [6.45, 7) is 4.85. The molecule has 7 heteroatoms. The first-order valence-corrected chi connectivity index (χ1v) is 10.1. The monoisotopic (exact) mass is 377 g/mol. The van der Waals surface area contributed by atoms with Crippen molar-refractivity contribution in [1.29, 1.82) is 0 Å². The number of nitrogens with zero attached hydrogens (tertiary/aromatic N) is 2. The molecule has 120 valence electrons. The highest BCUT2D eigenvalue weighted by Crippen LogP contribution is 2.27. The molecule has 1 aromatic rings. The van der Waals surface area contributed by atoms with Gasteiger partial charge in [0.2, 0.25) is 0 Å². The van der Waals surface area contributed by atoms with E-state index in [0.717, 1.165) is 41.7 Å². The van der Waals surface area contributed by atoms with Crippen LogP contribution in [0.2, 0.25) is 0 Å². The third-order valence-electron chi connectivity index (χ3n) is 4.23. The summed E-state index contributed by atoms with van der Waals surface area (Å²) in [5, 5.41) is 4.13. The van der Waals surface area contributed by atoms with Crippen LogP contribution in [0.4, 0.5) is 0 Å². The second-order valence-corrected chi connectivity index (χ2v) is 8.78. The van der Waals surface area contributed by atoms with Gasteiger partial charge in [-0.05, 0) is 42.1 Å². The van der Waals surface area contributed by atoms with E-state index in [0.29, 0.717) is 12.8 Å². The van der Waals surface area contributed by atoms with Crippen LogP contribution in [0.25, 0.3) is 0 Å². The highest BCUT2D eigenvalue weighted by Gasteiger charge is 2.34. The van der Waals surface area contributed by atoms with Crippen molar-refractivity contribution in [1.82, 2.24) is 9.78 Å². The highest BCUT2D eigenvalue weighted by molar-refractivity contribution is 9.10. The molecule has 0 aliphatic carbocycles. The molecule has 1 saturated heterocycles. The lowest BCUT2D eigenvalue weighted by molar-refractivity contribution is 0.484. The summed E-state index contributed by atoms with van der Waals surface area (Å²) in [6.07, 6.45) is 3.79. The van der Waals surface area contributed by atoms with Crippen molar-refractivity contribution in [3.63, 3.8) is 0 Å². The number of aromatic nitrogens is 2. The molecule has 0 bridgehead atoms. The molecule has 1 aliphatic rings. The van der Waals surface area contributed by atoms with Crippen LogP contribution in [0.15, 0.2) is 4.47 Å². The van der Waals surface area contributed by atoms with Crippen molar-refractivity contribution < 1.29 is 8.42 Å². The lowest BCUT2D eigenvalue weighted by Crippen LogP contribution is -2.45. The van der Waals surface area contributed by atoms with Gasteiger partial charge in [-0.2, -0.15) is 5.10 Å². The number of aryl methyl sites for hydroxylation is 2. The van der Waals surface area contributed by atoms with Crippen LogP contribution in [0.3, 0.4) is 0 Å². The number of halogens is 1. The van der Waals surface area contributed by atoms with E-state index in [9.17, 15) is 8.42 Å². The molecule has 0 saturated carbocycles. The predicted octanol–water partition coefficient (Wildman–Crippen LogP) is 2.06. The fourth-order valence-electron chi connectivity index (χ4n) is 3.03. The first-order chi connectivity index (χ1) is 9.90. The number of rotatable bonds is 5. The summed E-state index contributed by atoms with van der Waals surface area (Å²) < 4.78 is 27.3. The van der Waals surface area contributed by atoms with E-state index < -0.39 is 15.1 Å². The Labute approximate surface area is 135 Å². The molecule has 2 unspecified atom stereocenters. The van der Waals surface area contributed by atoms with E-state index in [-0.39, 0.29) is 11.8 Å². The van der Waals surface area contributed by atoms with E-state index in [1.807, 2.05) is 11.6 Å². The van der Waals surface area contributed by atoms with Gasteiger partial charge in [0.15, 0.2) is 9.84 Å². The maximum Gasteiger partial charge on any atom is 0.154 e. The van der Waals surface area contributed by atoms with Crippen LogP contribution in [-0.4, -0.2) is 35.2 Å². The van der Waals surface area contributed by atoms with Crippen LogP contribution in [-0.2, 0) is 29.2 Å². The second-order valence-electron chi connectivity index (χ2n) is 5.65. The highest BCUT2D eigenvalue weighted by atomic mass is 79.9. The van der Waals surface area contributed by atoms with Crippen LogP contribution < -0.4 is 5.73 Å². The zero-order valence-electron chi connectivity index (χ0n) is 12.7. The lowest BCUT2D eigenvalue weighted by Gasteiger charge is -2.27. The molecule has 2 N–H and O–H groups in total. The first kappa shape index (κ1) is 17.0. The van der Waals surface area contributed by atoms with Crippen molar-refractivity contribution >= 4 is 25.8 Å². The van der Waals surface area contributed by atoms with Gasteiger partial charge in [0.25, 0.3) is 0 Å². The number of sulfone groups is 1. The van der Waals surface area contributed by atoms with E-state index >= 15 is 0 Å². The molecule has 1 fully saturated rings. The molecule has 2 heterocycles. The van der Waals surface area contributed by atoms with Crippen LogP contribution in [0, 0.1) is 0 Å². The summed E-state index contributed by atoms with van der Waals surface area (Å²) >= 11 is 3.60. The van der Waals surface area contributed by atoms with E-state index in [1.54, 1.807) is 0 Å². The summed E-state index contributed by atoms with van der Waals surface area (Å²) in [6, 6.07) is -0.363. The van der Waals surface area contributed by atoms with Gasteiger partial charge < -0.3 is 5.73 Å². The van der Waals surface area contributed by atoms with Gasteiger partial charge in [0, 0.05) is 19.0 Å². The zero-order chi connectivity index (χ0) is 15.6. The second kappa shape index (κ2) is 6.79. The average molecular weight is 378 g/mol. The standard InChI is InChI=1S/C14H24BrN3O2S/c1-3-11-14(15)12(18(4-2)17-11)9-10(16)13-7-5-6-8-21(13,19)20/h10,13H,3-9,16H2,1-2H3. The topological polar surface area (TPSA) is 78.0 Å². The molecule has 0 radical (unpaired) electrons. The Balaban J connectivity index is 2.23.